The lowest BCUT2D eigenvalue weighted by atomic mass is 10.2. The van der Waals surface area contributed by atoms with Crippen LogP contribution in [-0.4, -0.2) is 70.9 Å². The standard InChI is InChI=1S/C18H29N3O4S/c1-20(2)11-7-10-19-18(22)16-14-15(8-9-17(16)25-3)26(23,24)21-12-5-4-6-13-21/h8-9,14H,4-7,10-13H2,1-3H3,(H,19,22). The van der Waals surface area contributed by atoms with E-state index in [-0.39, 0.29) is 16.4 Å². The molecule has 0 saturated carbocycles. The monoisotopic (exact) mass is 383 g/mol. The number of nitrogens with one attached hydrogen (secondary N) is 1. The summed E-state index contributed by atoms with van der Waals surface area (Å²) in [7, 11) is 1.82. The summed E-state index contributed by atoms with van der Waals surface area (Å²) >= 11 is 0. The third-order valence-electron chi connectivity index (χ3n) is 4.44. The lowest BCUT2D eigenvalue weighted by Gasteiger charge is -2.26. The Kier molecular flexibility index (Phi) is 7.43. The van der Waals surface area contributed by atoms with E-state index >= 15 is 0 Å². The van der Waals surface area contributed by atoms with Crippen LogP contribution in [0.25, 0.3) is 0 Å². The summed E-state index contributed by atoms with van der Waals surface area (Å²) < 4.78 is 32.4. The number of rotatable bonds is 8. The predicted molar refractivity (Wildman–Crippen MR) is 101 cm³/mol. The lowest BCUT2D eigenvalue weighted by Crippen LogP contribution is -2.35. The third-order valence-corrected chi connectivity index (χ3v) is 6.33. The minimum absolute atomic E-state index is 0.138. The quantitative estimate of drug-likeness (QED) is 0.689. The molecule has 1 amide bonds. The van der Waals surface area contributed by atoms with E-state index in [0.29, 0.717) is 25.4 Å². The number of benzene rings is 1. The Hall–Kier alpha value is -1.64. The summed E-state index contributed by atoms with van der Waals surface area (Å²) in [6.07, 6.45) is 3.60. The van der Waals surface area contributed by atoms with Crippen LogP contribution in [0.1, 0.15) is 36.0 Å². The number of methoxy groups -OCH3 is 1. The van der Waals surface area contributed by atoms with E-state index in [2.05, 4.69) is 5.32 Å². The fraction of sp³-hybridized carbons (Fsp3) is 0.611. The van der Waals surface area contributed by atoms with Crippen LogP contribution in [0.2, 0.25) is 0 Å². The molecule has 7 nitrogen and oxygen atoms in total. The Morgan fingerprint density at radius 3 is 2.54 bits per heavy atom. The molecule has 26 heavy (non-hydrogen) atoms. The van der Waals surface area contributed by atoms with E-state index in [1.54, 1.807) is 6.07 Å². The molecular formula is C18H29N3O4S. The van der Waals surface area contributed by atoms with Crippen LogP contribution in [-0.2, 0) is 10.0 Å². The number of carbonyl (C=O) groups excluding carboxylic acids is 1. The van der Waals surface area contributed by atoms with Gasteiger partial charge < -0.3 is 15.0 Å². The maximum absolute atomic E-state index is 12.8. The van der Waals surface area contributed by atoms with Crippen molar-refractivity contribution < 1.29 is 17.9 Å². The zero-order valence-electron chi connectivity index (χ0n) is 15.8. The highest BCUT2D eigenvalue weighted by Crippen LogP contribution is 2.26. The first-order valence-electron chi connectivity index (χ1n) is 8.97. The van der Waals surface area contributed by atoms with E-state index in [0.717, 1.165) is 32.2 Å². The molecule has 8 heteroatoms. The van der Waals surface area contributed by atoms with Crippen LogP contribution < -0.4 is 10.1 Å². The number of piperidine rings is 1. The lowest BCUT2D eigenvalue weighted by molar-refractivity contribution is 0.0949. The molecule has 2 rings (SSSR count). The number of amides is 1. The summed E-state index contributed by atoms with van der Waals surface area (Å²) in [4.78, 5) is 14.7. The van der Waals surface area contributed by atoms with Crippen LogP contribution in [0, 0.1) is 0 Å². The van der Waals surface area contributed by atoms with Gasteiger partial charge in [0.2, 0.25) is 10.0 Å². The maximum atomic E-state index is 12.8. The second kappa shape index (κ2) is 9.34. The molecule has 0 bridgehead atoms. The topological polar surface area (TPSA) is 79.0 Å². The smallest absolute Gasteiger partial charge is 0.255 e. The molecule has 146 valence electrons. The summed E-state index contributed by atoms with van der Waals surface area (Å²) in [5, 5.41) is 2.83. The number of hydrogen-bond donors (Lipinski definition) is 1. The van der Waals surface area contributed by atoms with Crippen LogP contribution in [0.5, 0.6) is 5.75 Å². The molecule has 1 fully saturated rings. The normalized spacial score (nSPS) is 15.8. The Balaban J connectivity index is 2.18. The highest BCUT2D eigenvalue weighted by molar-refractivity contribution is 7.89. The van der Waals surface area contributed by atoms with Gasteiger partial charge in [-0.2, -0.15) is 4.31 Å². The van der Waals surface area contributed by atoms with Crippen molar-refractivity contribution in [3.63, 3.8) is 0 Å². The van der Waals surface area contributed by atoms with Crippen LogP contribution in [0.15, 0.2) is 23.1 Å². The summed E-state index contributed by atoms with van der Waals surface area (Å²) in [5.41, 5.74) is 0.246. The zero-order chi connectivity index (χ0) is 19.2. The van der Waals surface area contributed by atoms with Crippen molar-refractivity contribution in [2.75, 3.05) is 47.4 Å². The molecule has 1 aliphatic rings. The Morgan fingerprint density at radius 1 is 1.23 bits per heavy atom. The first-order chi connectivity index (χ1) is 12.4. The van der Waals surface area contributed by atoms with Gasteiger partial charge in [-0.25, -0.2) is 8.42 Å². The molecule has 1 aromatic rings. The van der Waals surface area contributed by atoms with Crippen molar-refractivity contribution in [3.8, 4) is 5.75 Å². The number of ether oxygens (including phenoxy) is 1. The maximum Gasteiger partial charge on any atom is 0.255 e. The first-order valence-corrected chi connectivity index (χ1v) is 10.4. The predicted octanol–water partition coefficient (Wildman–Crippen LogP) is 1.55. The van der Waals surface area contributed by atoms with Crippen molar-refractivity contribution in [3.05, 3.63) is 23.8 Å². The summed E-state index contributed by atoms with van der Waals surface area (Å²) in [6, 6.07) is 4.47. The van der Waals surface area contributed by atoms with Crippen LogP contribution in [0.4, 0.5) is 0 Å². The van der Waals surface area contributed by atoms with Crippen molar-refractivity contribution in [1.29, 1.82) is 0 Å². The molecule has 0 spiro atoms. The van der Waals surface area contributed by atoms with Gasteiger partial charge in [0.05, 0.1) is 17.6 Å². The van der Waals surface area contributed by atoms with Crippen molar-refractivity contribution in [2.24, 2.45) is 0 Å². The van der Waals surface area contributed by atoms with Gasteiger partial charge in [0, 0.05) is 19.6 Å². The van der Waals surface area contributed by atoms with Gasteiger partial charge in [-0.15, -0.1) is 0 Å². The van der Waals surface area contributed by atoms with Gasteiger partial charge in [-0.1, -0.05) is 6.42 Å². The zero-order valence-corrected chi connectivity index (χ0v) is 16.6. The molecule has 0 aromatic heterocycles. The van der Waals surface area contributed by atoms with E-state index in [9.17, 15) is 13.2 Å². The number of nitrogens with zero attached hydrogens (tertiary/aromatic N) is 2. The molecule has 0 aliphatic carbocycles. The third kappa shape index (κ3) is 5.18. The van der Waals surface area contributed by atoms with Gasteiger partial charge in [-0.05, 0) is 58.1 Å². The van der Waals surface area contributed by atoms with Crippen LogP contribution in [0.3, 0.4) is 0 Å². The molecular weight excluding hydrogens is 354 g/mol. The van der Waals surface area contributed by atoms with E-state index in [1.807, 2.05) is 19.0 Å². The molecule has 1 saturated heterocycles. The Morgan fingerprint density at radius 2 is 1.92 bits per heavy atom. The van der Waals surface area contributed by atoms with E-state index in [4.69, 9.17) is 4.74 Å². The molecule has 1 aliphatic heterocycles. The Bertz CT molecular complexity index is 713. The average molecular weight is 384 g/mol. The SMILES string of the molecule is COc1ccc(S(=O)(=O)N2CCCCC2)cc1C(=O)NCCCN(C)C. The molecule has 0 unspecified atom stereocenters. The first kappa shape index (κ1) is 20.7. The van der Waals surface area contributed by atoms with E-state index in [1.165, 1.54) is 23.5 Å². The van der Waals surface area contributed by atoms with E-state index < -0.39 is 10.0 Å². The van der Waals surface area contributed by atoms with Gasteiger partial charge in [0.1, 0.15) is 5.75 Å². The fourth-order valence-electron chi connectivity index (χ4n) is 2.97. The highest BCUT2D eigenvalue weighted by atomic mass is 32.2. The molecule has 1 N–H and O–H groups in total. The summed E-state index contributed by atoms with van der Waals surface area (Å²) in [5.74, 6) is 0.0454. The molecule has 0 atom stereocenters. The number of carbonyl (C=O) groups is 1. The van der Waals surface area contributed by atoms with Gasteiger partial charge in [0.15, 0.2) is 0 Å². The van der Waals surface area contributed by atoms with Gasteiger partial charge >= 0.3 is 0 Å². The number of hydrogen-bond acceptors (Lipinski definition) is 5. The fourth-order valence-corrected chi connectivity index (χ4v) is 4.52. The largest absolute Gasteiger partial charge is 0.496 e. The molecule has 1 aromatic carbocycles. The second-order valence-electron chi connectivity index (χ2n) is 6.74. The molecule has 1 heterocycles. The van der Waals surface area contributed by atoms with Crippen LogP contribution >= 0.6 is 0 Å². The van der Waals surface area contributed by atoms with Crippen molar-refractivity contribution in [2.45, 2.75) is 30.6 Å². The van der Waals surface area contributed by atoms with Gasteiger partial charge in [-0.3, -0.25) is 4.79 Å². The number of sulfonamides is 1. The van der Waals surface area contributed by atoms with Gasteiger partial charge in [0.25, 0.3) is 5.91 Å². The second-order valence-corrected chi connectivity index (χ2v) is 8.68. The molecule has 0 radical (unpaired) electrons. The Labute approximate surface area is 156 Å². The van der Waals surface area contributed by atoms with Crippen molar-refractivity contribution >= 4 is 15.9 Å². The van der Waals surface area contributed by atoms with Crippen molar-refractivity contribution in [1.82, 2.24) is 14.5 Å². The highest BCUT2D eigenvalue weighted by Gasteiger charge is 2.27. The average Bonchev–Trinajstić information content (AvgIpc) is 2.65. The summed E-state index contributed by atoms with van der Waals surface area (Å²) in [6.45, 7) is 2.44. The minimum atomic E-state index is -3.59. The minimum Gasteiger partial charge on any atom is -0.496 e.